The number of piperidine rings is 3. The van der Waals surface area contributed by atoms with Crippen molar-refractivity contribution in [1.82, 2.24) is 20.1 Å². The van der Waals surface area contributed by atoms with Gasteiger partial charge in [-0.05, 0) is 74.9 Å². The highest BCUT2D eigenvalue weighted by molar-refractivity contribution is 7.98. The molecule has 7 heteroatoms. The number of nitrogens with one attached hydrogen (secondary N) is 2. The predicted octanol–water partition coefficient (Wildman–Crippen LogP) is 3.81. The van der Waals surface area contributed by atoms with Crippen LogP contribution in [0.25, 0.3) is 0 Å². The predicted molar refractivity (Wildman–Crippen MR) is 132 cm³/mol. The summed E-state index contributed by atoms with van der Waals surface area (Å²) >= 11 is 1.68. The number of carbonyl (C=O) groups is 1. The van der Waals surface area contributed by atoms with Gasteiger partial charge in [0, 0.05) is 61.1 Å². The van der Waals surface area contributed by atoms with Gasteiger partial charge in [-0.15, -0.1) is 11.8 Å². The molecule has 0 spiro atoms. The van der Waals surface area contributed by atoms with Crippen molar-refractivity contribution >= 4 is 23.5 Å². The fraction of sp³-hybridized carbons (Fsp3) is 0.520. The number of pyridine rings is 1. The van der Waals surface area contributed by atoms with Gasteiger partial charge in [-0.2, -0.15) is 0 Å². The number of fused-ring (bicyclic) bond motifs is 3. The Morgan fingerprint density at radius 3 is 2.94 bits per heavy atom. The van der Waals surface area contributed by atoms with E-state index in [1.165, 1.54) is 12.8 Å². The maximum absolute atomic E-state index is 12.4. The van der Waals surface area contributed by atoms with Gasteiger partial charge in [0.25, 0.3) is 0 Å². The van der Waals surface area contributed by atoms with Crippen molar-refractivity contribution in [3.8, 4) is 0 Å². The number of aromatic nitrogens is 1. The van der Waals surface area contributed by atoms with Gasteiger partial charge in [-0.3, -0.25) is 9.88 Å². The molecule has 0 saturated carbocycles. The molecule has 4 atom stereocenters. The second-order valence-electron chi connectivity index (χ2n) is 9.09. The number of thioether (sulfide) groups is 1. The average Bonchev–Trinajstić information content (AvgIpc) is 2.83. The molecule has 3 fully saturated rings. The molecule has 6 nitrogen and oxygen atoms in total. The zero-order valence-corrected chi connectivity index (χ0v) is 20.0. The Labute approximate surface area is 196 Å². The number of hydrogen-bond donors (Lipinski definition) is 2. The summed E-state index contributed by atoms with van der Waals surface area (Å²) in [6.07, 6.45) is 7.37. The summed E-state index contributed by atoms with van der Waals surface area (Å²) < 4.78 is 0. The van der Waals surface area contributed by atoms with Gasteiger partial charge >= 0.3 is 6.03 Å². The van der Waals surface area contributed by atoms with Gasteiger partial charge in [0.05, 0.1) is 0 Å². The smallest absolute Gasteiger partial charge is 0.319 e. The molecule has 2 N–H and O–H groups in total. The molecule has 172 valence electrons. The van der Waals surface area contributed by atoms with Gasteiger partial charge in [-0.25, -0.2) is 4.79 Å². The minimum atomic E-state index is -0.114. The number of amides is 2. The van der Waals surface area contributed by atoms with E-state index in [-0.39, 0.29) is 6.03 Å². The molecular weight excluding hydrogens is 418 g/mol. The lowest BCUT2D eigenvalue weighted by molar-refractivity contribution is -0.00803. The SMILES string of the molecule is CSc1cccc(NC(=O)NC[C@H]2C[C@@H]3CCN2C[C@@H]3CN(C)CCc2ccccn2)c1. The zero-order valence-electron chi connectivity index (χ0n) is 19.2. The van der Waals surface area contributed by atoms with Crippen molar-refractivity contribution in [1.29, 1.82) is 0 Å². The average molecular weight is 454 g/mol. The number of urea groups is 1. The molecule has 1 aromatic heterocycles. The minimum absolute atomic E-state index is 0.114. The van der Waals surface area contributed by atoms with E-state index >= 15 is 0 Å². The molecular formula is C25H35N5OS. The van der Waals surface area contributed by atoms with E-state index in [9.17, 15) is 4.79 Å². The Morgan fingerprint density at radius 2 is 2.19 bits per heavy atom. The molecule has 32 heavy (non-hydrogen) atoms. The molecule has 3 aliphatic heterocycles. The van der Waals surface area contributed by atoms with Gasteiger partial charge in [0.15, 0.2) is 0 Å². The van der Waals surface area contributed by atoms with Gasteiger partial charge in [-0.1, -0.05) is 12.1 Å². The lowest BCUT2D eigenvalue weighted by Crippen LogP contribution is -2.58. The number of anilines is 1. The van der Waals surface area contributed by atoms with Crippen molar-refractivity contribution in [2.45, 2.75) is 30.2 Å². The van der Waals surface area contributed by atoms with E-state index < -0.39 is 0 Å². The maximum Gasteiger partial charge on any atom is 0.319 e. The second-order valence-corrected chi connectivity index (χ2v) is 9.97. The summed E-state index contributed by atoms with van der Waals surface area (Å²) in [5.41, 5.74) is 2.01. The minimum Gasteiger partial charge on any atom is -0.336 e. The number of hydrogen-bond acceptors (Lipinski definition) is 5. The molecule has 0 aliphatic carbocycles. The third-order valence-electron chi connectivity index (χ3n) is 6.86. The van der Waals surface area contributed by atoms with Crippen LogP contribution in [0, 0.1) is 11.8 Å². The zero-order chi connectivity index (χ0) is 22.3. The molecule has 3 saturated heterocycles. The number of benzene rings is 1. The van der Waals surface area contributed by atoms with E-state index in [4.69, 9.17) is 0 Å². The first-order valence-corrected chi connectivity index (χ1v) is 12.8. The monoisotopic (exact) mass is 453 g/mol. The Balaban J connectivity index is 1.20. The quantitative estimate of drug-likeness (QED) is 0.566. The van der Waals surface area contributed by atoms with Crippen LogP contribution in [0.2, 0.25) is 0 Å². The fourth-order valence-electron chi connectivity index (χ4n) is 5.10. The standard InChI is InChI=1S/C25H35N5OS/c1-29(12-10-21-6-3-4-11-26-21)17-20-18-30-13-9-19(20)14-23(30)16-27-25(31)28-22-7-5-8-24(15-22)32-2/h3-8,11,15,19-20,23H,9-10,12-14,16-18H2,1-2H3,(H2,27,28,31)/t19-,20-,23+/m0/s1. The first-order chi connectivity index (χ1) is 15.6. The maximum atomic E-state index is 12.4. The Kier molecular flexibility index (Phi) is 8.05. The van der Waals surface area contributed by atoms with Crippen LogP contribution in [0.5, 0.6) is 0 Å². The van der Waals surface area contributed by atoms with E-state index in [0.717, 1.165) is 60.7 Å². The molecule has 2 bridgehead atoms. The largest absolute Gasteiger partial charge is 0.336 e. The fourth-order valence-corrected chi connectivity index (χ4v) is 5.56. The first-order valence-electron chi connectivity index (χ1n) is 11.6. The molecule has 0 radical (unpaired) electrons. The van der Waals surface area contributed by atoms with E-state index in [1.54, 1.807) is 11.8 Å². The second kappa shape index (κ2) is 11.2. The van der Waals surface area contributed by atoms with Crippen LogP contribution in [0.1, 0.15) is 18.5 Å². The van der Waals surface area contributed by atoms with Crippen molar-refractivity contribution in [3.05, 3.63) is 54.4 Å². The summed E-state index contributed by atoms with van der Waals surface area (Å²) in [4.78, 5) is 23.0. The molecule has 2 aromatic rings. The van der Waals surface area contributed by atoms with Crippen molar-refractivity contribution in [2.75, 3.05) is 51.3 Å². The van der Waals surface area contributed by atoms with Crippen LogP contribution in [-0.2, 0) is 6.42 Å². The molecule has 5 rings (SSSR count). The lowest BCUT2D eigenvalue weighted by atomic mass is 9.75. The normalized spacial score (nSPS) is 24.5. The van der Waals surface area contributed by atoms with E-state index in [2.05, 4.69) is 44.6 Å². The molecule has 1 unspecified atom stereocenters. The van der Waals surface area contributed by atoms with Crippen LogP contribution < -0.4 is 10.6 Å². The summed E-state index contributed by atoms with van der Waals surface area (Å²) in [5.74, 6) is 1.47. The van der Waals surface area contributed by atoms with Crippen molar-refractivity contribution in [2.24, 2.45) is 11.8 Å². The van der Waals surface area contributed by atoms with E-state index in [1.807, 2.05) is 42.8 Å². The highest BCUT2D eigenvalue weighted by Crippen LogP contribution is 2.36. The third-order valence-corrected chi connectivity index (χ3v) is 7.59. The number of nitrogens with zero attached hydrogens (tertiary/aromatic N) is 3. The Bertz CT molecular complexity index is 880. The third kappa shape index (κ3) is 6.24. The number of carbonyl (C=O) groups excluding carboxylic acids is 1. The summed E-state index contributed by atoms with van der Waals surface area (Å²) in [5, 5.41) is 6.07. The molecule has 4 heterocycles. The Hall–Kier alpha value is -2.09. The van der Waals surface area contributed by atoms with Crippen LogP contribution in [0.15, 0.2) is 53.6 Å². The van der Waals surface area contributed by atoms with Gasteiger partial charge < -0.3 is 15.5 Å². The number of rotatable bonds is 9. The lowest BCUT2D eigenvalue weighted by Gasteiger charge is -2.50. The van der Waals surface area contributed by atoms with Gasteiger partial charge in [0.2, 0.25) is 0 Å². The van der Waals surface area contributed by atoms with Crippen molar-refractivity contribution in [3.63, 3.8) is 0 Å². The van der Waals surface area contributed by atoms with Crippen LogP contribution in [0.3, 0.4) is 0 Å². The first kappa shape index (κ1) is 23.1. The molecule has 3 aliphatic rings. The summed E-state index contributed by atoms with van der Waals surface area (Å²) in [6, 6.07) is 14.4. The van der Waals surface area contributed by atoms with Crippen molar-refractivity contribution < 1.29 is 4.79 Å². The van der Waals surface area contributed by atoms with Crippen LogP contribution in [-0.4, -0.2) is 72.9 Å². The van der Waals surface area contributed by atoms with Gasteiger partial charge in [0.1, 0.15) is 0 Å². The topological polar surface area (TPSA) is 60.5 Å². The van der Waals surface area contributed by atoms with E-state index in [0.29, 0.717) is 12.6 Å². The molecule has 1 aromatic carbocycles. The summed E-state index contributed by atoms with van der Waals surface area (Å²) in [6.45, 7) is 5.20. The van der Waals surface area contributed by atoms with Crippen LogP contribution >= 0.6 is 11.8 Å². The Morgan fingerprint density at radius 1 is 1.28 bits per heavy atom. The highest BCUT2D eigenvalue weighted by Gasteiger charge is 2.40. The highest BCUT2D eigenvalue weighted by atomic mass is 32.2. The van der Waals surface area contributed by atoms with Crippen LogP contribution in [0.4, 0.5) is 10.5 Å². The molecule has 2 amide bonds. The number of likely N-dealkylation sites (N-methyl/N-ethyl adjacent to an activating group) is 1. The summed E-state index contributed by atoms with van der Waals surface area (Å²) in [7, 11) is 2.23.